The van der Waals surface area contributed by atoms with Gasteiger partial charge in [-0.2, -0.15) is 0 Å². The van der Waals surface area contributed by atoms with E-state index < -0.39 is 116 Å². The van der Waals surface area contributed by atoms with Crippen LogP contribution in [0.2, 0.25) is 0 Å². The van der Waals surface area contributed by atoms with E-state index >= 15 is 0 Å². The lowest BCUT2D eigenvalue weighted by Crippen LogP contribution is -2.68. The Morgan fingerprint density at radius 3 is 0.952 bits per heavy atom. The zero-order chi connectivity index (χ0) is 74.2. The number of benzene rings is 10. The van der Waals surface area contributed by atoms with Crippen molar-refractivity contribution in [3.05, 3.63) is 301 Å². The highest BCUT2D eigenvalue weighted by Gasteiger charge is 2.73. The molecular formula is C84H84O16P2S2. The minimum Gasteiger partial charge on any atom is -0.744 e. The predicted molar refractivity (Wildman–Crippen MR) is 406 cm³/mol. The van der Waals surface area contributed by atoms with E-state index in [9.17, 15) is 65.5 Å². The molecule has 20 heteroatoms. The number of hydrogen-bond donors (Lipinski definition) is 4. The highest BCUT2D eigenvalue weighted by atomic mass is 32.2. The Morgan fingerprint density at radius 1 is 0.404 bits per heavy atom. The standard InChI is InChI=1S/C46H50O16S2.2C19H18P/c47-40(48)26-13-27-44(43(51)52,45(53,32-16-3-1-4-17-32)36-22-7-9-24-38(36)61-41(49)30-14-11-20-34(28-30)63(55,56)57)46(54,33-18-5-2-6-19-33)37-23-8-10-25-39(37)62-42(50)31-15-12-21-35(29-31)64(58,59)60;2*1-20(17-11-5-2-6-12-17,18-13-7-3-8-14-18)19-15-9-4-10-16-19/h7-12,14-15,20-25,28-29,32-33,53-54H,1-6,13,16-19,26-27H2,(H,47,48)(H,51,52)(H,55,56,57)(H,58,59,60);2*2-16H,1H3/q;2*+1/p-2. The average Bonchev–Trinajstić information content (AvgIpc) is 0.680. The first kappa shape index (κ1) is 77.3. The first-order valence-corrected chi connectivity index (χ1v) is 41.9. The summed E-state index contributed by atoms with van der Waals surface area (Å²) in [4.78, 5) is 53.4. The van der Waals surface area contributed by atoms with Crippen molar-refractivity contribution in [3.8, 4) is 11.5 Å². The first-order valence-electron chi connectivity index (χ1n) is 34.6. The molecule has 4 N–H and O–H groups in total. The molecule has 0 saturated heterocycles. The van der Waals surface area contributed by atoms with Crippen molar-refractivity contribution in [1.82, 2.24) is 0 Å². The number of esters is 2. The van der Waals surface area contributed by atoms with E-state index in [-0.39, 0.29) is 59.4 Å². The SMILES string of the molecule is C[P+](c1ccccc1)(c1ccccc1)c1ccccc1.C[P+](c1ccccc1)(c1ccccc1)c1ccccc1.O=C(O)CCCC(C(=O)O)(C(O)(c1ccccc1OC(=O)c1cccc(S(=O)(=O)[O-])c1)C1CCCCC1)C(O)(c1ccccc1OC(=O)c1cccc(S(=O)(=O)[O-])c1)C1CCCCC1. The molecule has 16 nitrogen and oxygen atoms in total. The molecule has 2 unspecified atom stereocenters. The molecule has 2 fully saturated rings. The fraction of sp³-hybridized carbons (Fsp3) is 0.238. The maximum absolute atomic E-state index is 14.9. The molecule has 0 aliphatic heterocycles. The number of rotatable bonds is 23. The van der Waals surface area contributed by atoms with Crippen LogP contribution in [0.15, 0.2) is 289 Å². The van der Waals surface area contributed by atoms with Gasteiger partial charge in [0.05, 0.1) is 34.2 Å². The lowest BCUT2D eigenvalue weighted by Gasteiger charge is -2.59. The maximum atomic E-state index is 14.9. The Kier molecular flexibility index (Phi) is 25.3. The molecule has 104 heavy (non-hydrogen) atoms. The van der Waals surface area contributed by atoms with Crippen molar-refractivity contribution in [2.45, 2.75) is 104 Å². The second-order valence-corrected chi connectivity index (χ2v) is 36.3. The Hall–Kier alpha value is -9.32. The molecule has 0 heterocycles. The Morgan fingerprint density at radius 2 is 0.683 bits per heavy atom. The average molecular weight is 1480 g/mol. The molecule has 0 amide bonds. The van der Waals surface area contributed by atoms with E-state index in [1.807, 2.05) is 0 Å². The molecule has 12 rings (SSSR count). The summed E-state index contributed by atoms with van der Waals surface area (Å²) in [5, 5.41) is 58.9. The number of para-hydroxylation sites is 2. The summed E-state index contributed by atoms with van der Waals surface area (Å²) in [5.41, 5.74) is -9.60. The summed E-state index contributed by atoms with van der Waals surface area (Å²) in [5.74, 6) is -8.15. The van der Waals surface area contributed by atoms with E-state index in [0.29, 0.717) is 38.5 Å². The third-order valence-corrected chi connectivity index (χ3v) is 30.0. The predicted octanol–water partition coefficient (Wildman–Crippen LogP) is 13.7. The van der Waals surface area contributed by atoms with Crippen molar-refractivity contribution < 1.29 is 75.0 Å². The lowest BCUT2D eigenvalue weighted by molar-refractivity contribution is -0.262. The third-order valence-electron chi connectivity index (χ3n) is 20.4. The molecule has 0 bridgehead atoms. The van der Waals surface area contributed by atoms with Crippen LogP contribution in [0.3, 0.4) is 0 Å². The first-order chi connectivity index (χ1) is 49.9. The van der Waals surface area contributed by atoms with Crippen LogP contribution in [0.25, 0.3) is 0 Å². The summed E-state index contributed by atoms with van der Waals surface area (Å²) in [6, 6.07) is 84.6. The van der Waals surface area contributed by atoms with Gasteiger partial charge in [-0.05, 0) is 172 Å². The van der Waals surface area contributed by atoms with E-state index in [0.717, 1.165) is 36.4 Å². The largest absolute Gasteiger partial charge is 0.744 e. The highest BCUT2D eigenvalue weighted by Crippen LogP contribution is 2.66. The van der Waals surface area contributed by atoms with Gasteiger partial charge in [-0.15, -0.1) is 0 Å². The van der Waals surface area contributed by atoms with Gasteiger partial charge < -0.3 is 39.0 Å². The second-order valence-electron chi connectivity index (χ2n) is 26.4. The van der Waals surface area contributed by atoms with Gasteiger partial charge in [-0.1, -0.05) is 196 Å². The van der Waals surface area contributed by atoms with E-state index in [4.69, 9.17) is 9.47 Å². The minimum absolute atomic E-state index is 0.201. The summed E-state index contributed by atoms with van der Waals surface area (Å²) in [7, 11) is -13.1. The monoisotopic (exact) mass is 1470 g/mol. The van der Waals surface area contributed by atoms with Crippen LogP contribution >= 0.6 is 14.5 Å². The van der Waals surface area contributed by atoms with E-state index in [1.54, 1.807) is 0 Å². The van der Waals surface area contributed by atoms with Gasteiger partial charge in [-0.3, -0.25) is 9.59 Å². The molecular weight excluding hydrogens is 1390 g/mol. The molecule has 0 aromatic heterocycles. The van der Waals surface area contributed by atoms with Crippen molar-refractivity contribution in [3.63, 3.8) is 0 Å². The number of aliphatic carboxylic acids is 2. The van der Waals surface area contributed by atoms with Gasteiger partial charge in [0.2, 0.25) is 0 Å². The number of carbonyl (C=O) groups is 4. The van der Waals surface area contributed by atoms with Gasteiger partial charge >= 0.3 is 23.9 Å². The van der Waals surface area contributed by atoms with Gasteiger partial charge in [0.25, 0.3) is 0 Å². The van der Waals surface area contributed by atoms with Crippen LogP contribution in [-0.4, -0.2) is 83.6 Å². The second kappa shape index (κ2) is 34.1. The van der Waals surface area contributed by atoms with Gasteiger partial charge in [0.1, 0.15) is 94.7 Å². The van der Waals surface area contributed by atoms with E-state index in [2.05, 4.69) is 195 Å². The van der Waals surface area contributed by atoms with Crippen LogP contribution in [-0.2, 0) is 41.0 Å². The van der Waals surface area contributed by atoms with Crippen molar-refractivity contribution in [2.24, 2.45) is 17.3 Å². The number of ether oxygens (including phenoxy) is 2. The number of carbonyl (C=O) groups excluding carboxylic acids is 2. The molecule has 2 atom stereocenters. The Labute approximate surface area is 609 Å². The lowest BCUT2D eigenvalue weighted by atomic mass is 9.46. The zero-order valence-electron chi connectivity index (χ0n) is 57.8. The third kappa shape index (κ3) is 16.7. The van der Waals surface area contributed by atoms with Gasteiger partial charge in [0.15, 0.2) is 0 Å². The molecule has 0 spiro atoms. The maximum Gasteiger partial charge on any atom is 0.343 e. The summed E-state index contributed by atoms with van der Waals surface area (Å²) >= 11 is 0. The molecule has 10 aromatic carbocycles. The molecule has 2 saturated carbocycles. The number of carboxylic acids is 2. The Bertz CT molecular complexity index is 4320. The van der Waals surface area contributed by atoms with Gasteiger partial charge in [-0.25, -0.2) is 26.4 Å². The molecule has 0 radical (unpaired) electrons. The quantitative estimate of drug-likeness (QED) is 0.0200. The fourth-order valence-corrected chi connectivity index (χ4v) is 22.5. The number of hydrogen-bond acceptors (Lipinski definition) is 14. The fourth-order valence-electron chi connectivity index (χ4n) is 15.1. The van der Waals surface area contributed by atoms with Crippen molar-refractivity contribution >= 4 is 90.5 Å². The van der Waals surface area contributed by atoms with Crippen LogP contribution in [0.1, 0.15) is 115 Å². The van der Waals surface area contributed by atoms with Crippen LogP contribution in [0.5, 0.6) is 11.5 Å². The van der Waals surface area contributed by atoms with Crippen LogP contribution < -0.4 is 41.3 Å². The van der Waals surface area contributed by atoms with Crippen LogP contribution in [0.4, 0.5) is 0 Å². The summed E-state index contributed by atoms with van der Waals surface area (Å²) in [6.07, 6.45) is 2.56. The van der Waals surface area contributed by atoms with Crippen LogP contribution in [0, 0.1) is 17.3 Å². The smallest absolute Gasteiger partial charge is 0.343 e. The highest BCUT2D eigenvalue weighted by molar-refractivity contribution is 7.95. The van der Waals surface area contributed by atoms with E-state index in [1.165, 1.54) is 92.5 Å². The molecule has 538 valence electrons. The number of carboxylic acid groups (broad SMARTS) is 2. The minimum atomic E-state index is -5.01. The normalized spacial score (nSPS) is 15.5. The van der Waals surface area contributed by atoms with Crippen molar-refractivity contribution in [2.75, 3.05) is 13.3 Å². The van der Waals surface area contributed by atoms with Crippen molar-refractivity contribution in [1.29, 1.82) is 0 Å². The molecule has 10 aromatic rings. The zero-order valence-corrected chi connectivity index (χ0v) is 61.2. The molecule has 2 aliphatic rings. The van der Waals surface area contributed by atoms with Gasteiger partial charge in [0, 0.05) is 17.5 Å². The topological polar surface area (TPSA) is 282 Å². The number of aliphatic hydroxyl groups is 2. The summed E-state index contributed by atoms with van der Waals surface area (Å²) < 4.78 is 82.9. The Balaban J connectivity index is 0.000000231. The molecule has 2 aliphatic carbocycles. The summed E-state index contributed by atoms with van der Waals surface area (Å²) in [6.45, 7) is 4.82.